The quantitative estimate of drug-likeness (QED) is 0.615. The minimum absolute atomic E-state index is 0.0951. The third-order valence-corrected chi connectivity index (χ3v) is 6.10. The van der Waals surface area contributed by atoms with E-state index in [1.807, 2.05) is 6.07 Å². The second-order valence-electron chi connectivity index (χ2n) is 7.75. The smallest absolute Gasteiger partial charge is 0.261 e. The zero-order valence-corrected chi connectivity index (χ0v) is 17.4. The Kier molecular flexibility index (Phi) is 5.38. The Morgan fingerprint density at radius 1 is 1.35 bits per heavy atom. The summed E-state index contributed by atoms with van der Waals surface area (Å²) in [4.78, 5) is 17.6. The zero-order valence-electron chi connectivity index (χ0n) is 17.4. The van der Waals surface area contributed by atoms with Crippen LogP contribution in [0.3, 0.4) is 0 Å². The first kappa shape index (κ1) is 20.8. The van der Waals surface area contributed by atoms with Crippen LogP contribution in [-0.2, 0) is 4.74 Å². The Bertz CT molecular complexity index is 1240. The molecule has 2 heterocycles. The van der Waals surface area contributed by atoms with Crippen molar-refractivity contribution in [1.82, 2.24) is 9.55 Å². The number of nitrogens with two attached hydrogens (primary N) is 1. The van der Waals surface area contributed by atoms with Crippen molar-refractivity contribution in [3.05, 3.63) is 58.4 Å². The van der Waals surface area contributed by atoms with Gasteiger partial charge in [0.25, 0.3) is 5.56 Å². The Hall–Kier alpha value is -3.44. The van der Waals surface area contributed by atoms with Gasteiger partial charge in [-0.1, -0.05) is 13.8 Å². The highest BCUT2D eigenvalue weighted by Gasteiger charge is 2.38. The Labute approximate surface area is 178 Å². The summed E-state index contributed by atoms with van der Waals surface area (Å²) in [6.45, 7) is 4.62. The largest absolute Gasteiger partial charge is 0.453 e. The number of fused-ring (bicyclic) bond motifs is 1. The summed E-state index contributed by atoms with van der Waals surface area (Å²) < 4.78 is 27.5. The number of nitriles is 1. The van der Waals surface area contributed by atoms with E-state index in [4.69, 9.17) is 15.2 Å². The Morgan fingerprint density at radius 3 is 2.81 bits per heavy atom. The maximum atomic E-state index is 14.3. The minimum atomic E-state index is -0.715. The van der Waals surface area contributed by atoms with Gasteiger partial charge in [0.2, 0.25) is 0 Å². The molecular weight excluding hydrogens is 399 g/mol. The first-order valence-electron chi connectivity index (χ1n) is 10.2. The molecule has 0 spiro atoms. The van der Waals surface area contributed by atoms with Crippen LogP contribution in [0.15, 0.2) is 41.5 Å². The topological polar surface area (TPSA) is 103 Å². The summed E-state index contributed by atoms with van der Waals surface area (Å²) in [6.07, 6.45) is 4.04. The van der Waals surface area contributed by atoms with Crippen molar-refractivity contribution in [2.75, 3.05) is 12.3 Å². The number of nitrogen functional groups attached to an aromatic ring is 1. The van der Waals surface area contributed by atoms with Crippen molar-refractivity contribution in [3.8, 4) is 17.6 Å². The first-order valence-corrected chi connectivity index (χ1v) is 10.2. The molecule has 0 amide bonds. The van der Waals surface area contributed by atoms with E-state index >= 15 is 0 Å². The number of hydrogen-bond acceptors (Lipinski definition) is 6. The lowest BCUT2D eigenvalue weighted by Gasteiger charge is -2.25. The van der Waals surface area contributed by atoms with Gasteiger partial charge in [0, 0.05) is 0 Å². The molecule has 4 rings (SSSR count). The second kappa shape index (κ2) is 8.00. The lowest BCUT2D eigenvalue weighted by atomic mass is 9.92. The summed E-state index contributed by atoms with van der Waals surface area (Å²) in [7, 11) is 0. The fraction of sp³-hybridized carbons (Fsp3) is 0.348. The van der Waals surface area contributed by atoms with Gasteiger partial charge < -0.3 is 15.2 Å². The molecule has 0 saturated carbocycles. The number of halogens is 1. The van der Waals surface area contributed by atoms with E-state index in [1.54, 1.807) is 23.0 Å². The molecule has 0 radical (unpaired) electrons. The lowest BCUT2D eigenvalue weighted by molar-refractivity contribution is -0.00268. The van der Waals surface area contributed by atoms with Crippen LogP contribution in [0.5, 0.6) is 11.5 Å². The zero-order chi connectivity index (χ0) is 22.2. The predicted octanol–water partition coefficient (Wildman–Crippen LogP) is 4.30. The maximum absolute atomic E-state index is 14.3. The van der Waals surface area contributed by atoms with E-state index in [0.29, 0.717) is 17.5 Å². The van der Waals surface area contributed by atoms with Crippen LogP contribution in [0.2, 0.25) is 0 Å². The number of rotatable bonds is 5. The SMILES string of the molecule is CCC1(CC)CC(n2cnc3ccc(Oc4c(F)ccc(N)c4C#N)cc3c2=O)CO1. The van der Waals surface area contributed by atoms with Gasteiger partial charge in [-0.25, -0.2) is 9.37 Å². The van der Waals surface area contributed by atoms with Crippen LogP contribution >= 0.6 is 0 Å². The first-order chi connectivity index (χ1) is 14.9. The van der Waals surface area contributed by atoms with Gasteiger partial charge in [-0.05, 0) is 49.6 Å². The van der Waals surface area contributed by atoms with E-state index in [1.165, 1.54) is 12.1 Å². The van der Waals surface area contributed by atoms with Crippen molar-refractivity contribution in [1.29, 1.82) is 5.26 Å². The molecule has 2 aromatic carbocycles. The van der Waals surface area contributed by atoms with Gasteiger partial charge in [-0.15, -0.1) is 0 Å². The van der Waals surface area contributed by atoms with E-state index in [0.717, 1.165) is 25.3 Å². The molecule has 0 bridgehead atoms. The molecule has 7 nitrogen and oxygen atoms in total. The van der Waals surface area contributed by atoms with Gasteiger partial charge in [-0.3, -0.25) is 9.36 Å². The van der Waals surface area contributed by atoms with Crippen LogP contribution in [0, 0.1) is 17.1 Å². The monoisotopic (exact) mass is 422 g/mol. The highest BCUT2D eigenvalue weighted by atomic mass is 19.1. The molecule has 8 heteroatoms. The Balaban J connectivity index is 1.72. The molecular formula is C23H23FN4O3. The number of benzene rings is 2. The average Bonchev–Trinajstić information content (AvgIpc) is 3.22. The number of aromatic nitrogens is 2. The third kappa shape index (κ3) is 3.62. The van der Waals surface area contributed by atoms with Crippen LogP contribution in [0.4, 0.5) is 10.1 Å². The van der Waals surface area contributed by atoms with Gasteiger partial charge in [0.1, 0.15) is 17.4 Å². The number of ether oxygens (including phenoxy) is 2. The normalized spacial score (nSPS) is 17.5. The molecule has 1 aliphatic rings. The third-order valence-electron chi connectivity index (χ3n) is 6.10. The van der Waals surface area contributed by atoms with Crippen LogP contribution < -0.4 is 16.0 Å². The standard InChI is InChI=1S/C23H23FN4O3/c1-3-23(4-2)10-14(12-30-23)28-13-27-20-8-5-15(9-16(20)22(28)29)31-21-17(11-25)19(26)7-6-18(21)24/h5-9,13-14H,3-4,10,12,26H2,1-2H3. The second-order valence-corrected chi connectivity index (χ2v) is 7.75. The van der Waals surface area contributed by atoms with Gasteiger partial charge >= 0.3 is 0 Å². The van der Waals surface area contributed by atoms with Crippen LogP contribution in [0.25, 0.3) is 10.9 Å². The average molecular weight is 422 g/mol. The molecule has 1 fully saturated rings. The molecule has 0 aliphatic carbocycles. The molecule has 1 aromatic heterocycles. The lowest BCUT2D eigenvalue weighted by Crippen LogP contribution is -2.28. The van der Waals surface area contributed by atoms with E-state index in [9.17, 15) is 14.4 Å². The van der Waals surface area contributed by atoms with Crippen LogP contribution in [-0.4, -0.2) is 21.8 Å². The van der Waals surface area contributed by atoms with Gasteiger partial charge in [0.15, 0.2) is 11.6 Å². The molecule has 3 aromatic rings. The van der Waals surface area contributed by atoms with Crippen molar-refractivity contribution in [2.45, 2.75) is 44.8 Å². The summed E-state index contributed by atoms with van der Waals surface area (Å²) in [5.74, 6) is -0.775. The van der Waals surface area contributed by atoms with E-state index in [-0.39, 0.29) is 40.0 Å². The number of nitrogens with zero attached hydrogens (tertiary/aromatic N) is 3. The fourth-order valence-electron chi connectivity index (χ4n) is 4.09. The number of hydrogen-bond donors (Lipinski definition) is 1. The molecule has 1 saturated heterocycles. The Morgan fingerprint density at radius 2 is 2.13 bits per heavy atom. The van der Waals surface area contributed by atoms with E-state index in [2.05, 4.69) is 18.8 Å². The van der Waals surface area contributed by atoms with Crippen molar-refractivity contribution in [2.24, 2.45) is 0 Å². The molecule has 160 valence electrons. The van der Waals surface area contributed by atoms with Gasteiger partial charge in [0.05, 0.1) is 41.2 Å². The highest BCUT2D eigenvalue weighted by Crippen LogP contribution is 2.38. The molecule has 1 unspecified atom stereocenters. The molecule has 2 N–H and O–H groups in total. The summed E-state index contributed by atoms with van der Waals surface area (Å²) in [5.41, 5.74) is 5.83. The minimum Gasteiger partial charge on any atom is -0.453 e. The van der Waals surface area contributed by atoms with Crippen molar-refractivity contribution < 1.29 is 13.9 Å². The summed E-state index contributed by atoms with van der Waals surface area (Å²) in [6, 6.07) is 8.89. The number of anilines is 1. The van der Waals surface area contributed by atoms with Crippen molar-refractivity contribution >= 4 is 16.6 Å². The summed E-state index contributed by atoms with van der Waals surface area (Å²) in [5, 5.41) is 9.65. The van der Waals surface area contributed by atoms with Gasteiger partial charge in [-0.2, -0.15) is 5.26 Å². The molecule has 1 aliphatic heterocycles. The van der Waals surface area contributed by atoms with Crippen molar-refractivity contribution in [3.63, 3.8) is 0 Å². The highest BCUT2D eigenvalue weighted by molar-refractivity contribution is 5.79. The summed E-state index contributed by atoms with van der Waals surface area (Å²) >= 11 is 0. The molecule has 1 atom stereocenters. The fourth-order valence-corrected chi connectivity index (χ4v) is 4.09. The predicted molar refractivity (Wildman–Crippen MR) is 115 cm³/mol. The molecule has 31 heavy (non-hydrogen) atoms. The van der Waals surface area contributed by atoms with E-state index < -0.39 is 5.82 Å². The maximum Gasteiger partial charge on any atom is 0.261 e. The van der Waals surface area contributed by atoms with Crippen LogP contribution in [0.1, 0.15) is 44.7 Å².